The Labute approximate surface area is 99.9 Å². The maximum atomic E-state index is 5.63. The molecule has 1 rings (SSSR count). The van der Waals surface area contributed by atoms with Crippen molar-refractivity contribution in [2.24, 2.45) is 11.6 Å². The van der Waals surface area contributed by atoms with Crippen LogP contribution in [-0.4, -0.2) is 24.3 Å². The summed E-state index contributed by atoms with van der Waals surface area (Å²) < 4.78 is 10.4. The van der Waals surface area contributed by atoms with Crippen molar-refractivity contribution in [1.29, 1.82) is 0 Å². The third-order valence-corrected chi connectivity index (χ3v) is 2.34. The molecular formula is C10H15N3O2S. The molecule has 0 aromatic heterocycles. The van der Waals surface area contributed by atoms with Gasteiger partial charge in [0.05, 0.1) is 20.8 Å². The number of hydrogen-bond donors (Lipinski definition) is 2. The van der Waals surface area contributed by atoms with Crippen LogP contribution in [0.5, 0.6) is 11.5 Å². The standard InChI is InChI=1S/C10H15N3O2S/c1-14-8-5-3-4-7(9(8)15-2)6-13(12)10(11)16/h3-5H,6,12H2,1-2H3,(H2,11,16). The van der Waals surface area contributed by atoms with Crippen LogP contribution in [0.3, 0.4) is 0 Å². The minimum Gasteiger partial charge on any atom is -0.493 e. The highest BCUT2D eigenvalue weighted by Gasteiger charge is 2.11. The molecule has 88 valence electrons. The molecule has 1 aromatic rings. The molecule has 0 unspecified atom stereocenters. The average molecular weight is 241 g/mol. The van der Waals surface area contributed by atoms with Crippen LogP contribution in [0.15, 0.2) is 18.2 Å². The first kappa shape index (κ1) is 12.5. The molecule has 0 radical (unpaired) electrons. The van der Waals surface area contributed by atoms with E-state index in [2.05, 4.69) is 0 Å². The molecule has 0 aliphatic rings. The quantitative estimate of drug-likeness (QED) is 0.457. The van der Waals surface area contributed by atoms with Gasteiger partial charge in [0.1, 0.15) is 0 Å². The van der Waals surface area contributed by atoms with E-state index < -0.39 is 0 Å². The molecule has 0 bridgehead atoms. The predicted octanol–water partition coefficient (Wildman–Crippen LogP) is 0.623. The smallest absolute Gasteiger partial charge is 0.180 e. The van der Waals surface area contributed by atoms with E-state index in [1.165, 1.54) is 5.01 Å². The molecule has 5 nitrogen and oxygen atoms in total. The highest BCUT2D eigenvalue weighted by atomic mass is 32.1. The second-order valence-corrected chi connectivity index (χ2v) is 3.54. The minimum atomic E-state index is 0.130. The number of nitrogens with zero attached hydrogens (tertiary/aromatic N) is 1. The monoisotopic (exact) mass is 241 g/mol. The molecule has 1 aromatic carbocycles. The zero-order valence-electron chi connectivity index (χ0n) is 9.27. The first-order valence-electron chi connectivity index (χ1n) is 4.61. The minimum absolute atomic E-state index is 0.130. The van der Waals surface area contributed by atoms with E-state index in [0.717, 1.165) is 5.56 Å². The Hall–Kier alpha value is -1.53. The zero-order valence-corrected chi connectivity index (χ0v) is 10.1. The van der Waals surface area contributed by atoms with Crippen molar-refractivity contribution in [3.8, 4) is 11.5 Å². The number of para-hydroxylation sites is 1. The van der Waals surface area contributed by atoms with E-state index in [1.54, 1.807) is 14.2 Å². The molecule has 0 aliphatic heterocycles. The van der Waals surface area contributed by atoms with E-state index in [4.69, 9.17) is 33.3 Å². The van der Waals surface area contributed by atoms with E-state index in [-0.39, 0.29) is 5.11 Å². The van der Waals surface area contributed by atoms with Crippen LogP contribution >= 0.6 is 12.2 Å². The first-order valence-corrected chi connectivity index (χ1v) is 5.02. The van der Waals surface area contributed by atoms with Crippen molar-refractivity contribution in [2.45, 2.75) is 6.54 Å². The third kappa shape index (κ3) is 2.74. The van der Waals surface area contributed by atoms with Crippen molar-refractivity contribution < 1.29 is 9.47 Å². The number of hydrazine groups is 1. The van der Waals surface area contributed by atoms with Crippen LogP contribution in [0.1, 0.15) is 5.56 Å². The van der Waals surface area contributed by atoms with E-state index in [9.17, 15) is 0 Å². The Kier molecular flexibility index (Phi) is 4.33. The van der Waals surface area contributed by atoms with Crippen LogP contribution in [0, 0.1) is 0 Å². The number of benzene rings is 1. The summed E-state index contributed by atoms with van der Waals surface area (Å²) in [6.45, 7) is 0.371. The van der Waals surface area contributed by atoms with Gasteiger partial charge in [0.15, 0.2) is 16.6 Å². The van der Waals surface area contributed by atoms with Gasteiger partial charge in [-0.05, 0) is 18.3 Å². The molecule has 0 fully saturated rings. The summed E-state index contributed by atoms with van der Waals surface area (Å²) in [6.07, 6.45) is 0. The molecule has 6 heteroatoms. The second kappa shape index (κ2) is 5.53. The van der Waals surface area contributed by atoms with E-state index in [1.807, 2.05) is 18.2 Å². The molecule has 0 spiro atoms. The largest absolute Gasteiger partial charge is 0.493 e. The van der Waals surface area contributed by atoms with Gasteiger partial charge in [-0.1, -0.05) is 12.1 Å². The summed E-state index contributed by atoms with van der Waals surface area (Å²) in [5.74, 6) is 6.92. The molecule has 0 saturated carbocycles. The Morgan fingerprint density at radius 2 is 2.06 bits per heavy atom. The molecule has 0 saturated heterocycles. The second-order valence-electron chi connectivity index (χ2n) is 3.12. The maximum Gasteiger partial charge on any atom is 0.180 e. The Bertz CT molecular complexity index is 384. The van der Waals surface area contributed by atoms with Crippen molar-refractivity contribution in [3.63, 3.8) is 0 Å². The Morgan fingerprint density at radius 1 is 1.38 bits per heavy atom. The Balaban J connectivity index is 2.99. The van der Waals surface area contributed by atoms with Crippen molar-refractivity contribution in [3.05, 3.63) is 23.8 Å². The topological polar surface area (TPSA) is 73.7 Å². The van der Waals surface area contributed by atoms with Gasteiger partial charge < -0.3 is 15.2 Å². The lowest BCUT2D eigenvalue weighted by atomic mass is 10.2. The van der Waals surface area contributed by atoms with Gasteiger partial charge in [-0.15, -0.1) is 0 Å². The van der Waals surface area contributed by atoms with Gasteiger partial charge in [-0.2, -0.15) is 0 Å². The summed E-state index contributed by atoms with van der Waals surface area (Å²) >= 11 is 4.76. The fraction of sp³-hybridized carbons (Fsp3) is 0.300. The van der Waals surface area contributed by atoms with Gasteiger partial charge >= 0.3 is 0 Å². The lowest BCUT2D eigenvalue weighted by Crippen LogP contribution is -2.40. The zero-order chi connectivity index (χ0) is 12.1. The van der Waals surface area contributed by atoms with Gasteiger partial charge in [0.2, 0.25) is 0 Å². The third-order valence-electron chi connectivity index (χ3n) is 2.11. The molecule has 0 atom stereocenters. The summed E-state index contributed by atoms with van der Waals surface area (Å²) in [5.41, 5.74) is 6.26. The predicted molar refractivity (Wildman–Crippen MR) is 66.1 cm³/mol. The van der Waals surface area contributed by atoms with Crippen LogP contribution in [0.4, 0.5) is 0 Å². The summed E-state index contributed by atoms with van der Waals surface area (Å²) in [5, 5.41) is 1.40. The summed E-state index contributed by atoms with van der Waals surface area (Å²) in [7, 11) is 3.15. The molecular weight excluding hydrogens is 226 g/mol. The fourth-order valence-electron chi connectivity index (χ4n) is 1.34. The maximum absolute atomic E-state index is 5.63. The van der Waals surface area contributed by atoms with Gasteiger partial charge in [0.25, 0.3) is 0 Å². The van der Waals surface area contributed by atoms with Crippen LogP contribution in [0.25, 0.3) is 0 Å². The van der Waals surface area contributed by atoms with Crippen molar-refractivity contribution >= 4 is 17.3 Å². The van der Waals surface area contributed by atoms with Gasteiger partial charge in [0, 0.05) is 5.56 Å². The number of thiocarbonyl (C=S) groups is 1. The number of hydrogen-bond acceptors (Lipinski definition) is 4. The first-order chi connectivity index (χ1) is 7.60. The number of methoxy groups -OCH3 is 2. The molecule has 0 aliphatic carbocycles. The molecule has 0 heterocycles. The van der Waals surface area contributed by atoms with Gasteiger partial charge in [-0.25, -0.2) is 5.84 Å². The lowest BCUT2D eigenvalue weighted by Gasteiger charge is -2.19. The number of rotatable bonds is 4. The van der Waals surface area contributed by atoms with E-state index in [0.29, 0.717) is 18.0 Å². The summed E-state index contributed by atoms with van der Waals surface area (Å²) in [4.78, 5) is 0. The fourth-order valence-corrected chi connectivity index (χ4v) is 1.40. The van der Waals surface area contributed by atoms with Crippen molar-refractivity contribution in [2.75, 3.05) is 14.2 Å². The average Bonchev–Trinajstić information content (AvgIpc) is 2.28. The van der Waals surface area contributed by atoms with Crippen molar-refractivity contribution in [1.82, 2.24) is 5.01 Å². The SMILES string of the molecule is COc1cccc(CN(N)C(N)=S)c1OC. The Morgan fingerprint density at radius 3 is 2.56 bits per heavy atom. The number of ether oxygens (including phenoxy) is 2. The van der Waals surface area contributed by atoms with Crippen LogP contribution in [0.2, 0.25) is 0 Å². The van der Waals surface area contributed by atoms with Crippen LogP contribution < -0.4 is 21.1 Å². The normalized spacial score (nSPS) is 9.69. The highest BCUT2D eigenvalue weighted by Crippen LogP contribution is 2.30. The van der Waals surface area contributed by atoms with Crippen LogP contribution in [-0.2, 0) is 6.54 Å². The highest BCUT2D eigenvalue weighted by molar-refractivity contribution is 7.80. The van der Waals surface area contributed by atoms with Gasteiger partial charge in [-0.3, -0.25) is 5.01 Å². The molecule has 4 N–H and O–H groups in total. The summed E-state index contributed by atoms with van der Waals surface area (Å²) in [6, 6.07) is 5.54. The number of nitrogens with two attached hydrogens (primary N) is 2. The molecule has 16 heavy (non-hydrogen) atoms. The van der Waals surface area contributed by atoms with E-state index >= 15 is 0 Å². The molecule has 0 amide bonds. The lowest BCUT2D eigenvalue weighted by molar-refractivity contribution is 0.343.